The van der Waals surface area contributed by atoms with Gasteiger partial charge < -0.3 is 15.7 Å². The SMILES string of the molecule is CC(=O)N[C@H]1C[C@H](C(=O)N[C@H](c2c(F)ccc(F)c2F)C23CCC(F)(CC2)C3)C[C@H]1O. The Morgan fingerprint density at radius 3 is 2.32 bits per heavy atom. The maximum Gasteiger partial charge on any atom is 0.223 e. The molecule has 9 heteroatoms. The molecule has 0 heterocycles. The fourth-order valence-electron chi connectivity index (χ4n) is 5.82. The molecule has 3 N–H and O–H groups in total. The van der Waals surface area contributed by atoms with E-state index in [9.17, 15) is 32.3 Å². The molecule has 0 unspecified atom stereocenters. The standard InChI is InChI=1S/C22H26F4N2O3/c1-11(29)27-15-8-12(9-16(15)30)20(31)28-19(17-13(23)2-3-14(24)18(17)25)21-4-6-22(26,10-21)7-5-21/h2-3,12,15-16,19,30H,4-10H2,1H3,(H,27,29)(H,28,31)/t12-,15-,16+,19+,21?,22?/m0/s1. The predicted molar refractivity (Wildman–Crippen MR) is 103 cm³/mol. The molecule has 0 aromatic heterocycles. The lowest BCUT2D eigenvalue weighted by atomic mass is 9.74. The lowest BCUT2D eigenvalue weighted by Crippen LogP contribution is -2.43. The predicted octanol–water partition coefficient (Wildman–Crippen LogP) is 3.21. The van der Waals surface area contributed by atoms with Gasteiger partial charge in [0.15, 0.2) is 11.6 Å². The molecule has 0 radical (unpaired) electrons. The number of carbonyl (C=O) groups excluding carboxylic acids is 2. The minimum Gasteiger partial charge on any atom is -0.391 e. The third-order valence-electron chi connectivity index (χ3n) is 7.37. The number of benzene rings is 1. The highest BCUT2D eigenvalue weighted by Gasteiger charge is 2.59. The van der Waals surface area contributed by atoms with Gasteiger partial charge in [0.25, 0.3) is 0 Å². The maximum absolute atomic E-state index is 14.9. The average Bonchev–Trinajstić information content (AvgIpc) is 3.35. The van der Waals surface area contributed by atoms with Crippen LogP contribution in [0.4, 0.5) is 17.6 Å². The first-order chi connectivity index (χ1) is 14.5. The lowest BCUT2D eigenvalue weighted by Gasteiger charge is -2.37. The van der Waals surface area contributed by atoms with E-state index in [0.717, 1.165) is 6.07 Å². The number of aliphatic hydroxyl groups is 1. The zero-order valence-electron chi connectivity index (χ0n) is 17.2. The number of nitrogens with one attached hydrogen (secondary N) is 2. The van der Waals surface area contributed by atoms with Crippen molar-refractivity contribution in [3.63, 3.8) is 0 Å². The first kappa shape index (κ1) is 22.0. The molecule has 0 spiro atoms. The van der Waals surface area contributed by atoms with Crippen molar-refractivity contribution < 1.29 is 32.3 Å². The Labute approximate surface area is 177 Å². The van der Waals surface area contributed by atoms with E-state index >= 15 is 0 Å². The van der Waals surface area contributed by atoms with Crippen LogP contribution in [0.5, 0.6) is 0 Å². The van der Waals surface area contributed by atoms with E-state index in [4.69, 9.17) is 0 Å². The van der Waals surface area contributed by atoms with Gasteiger partial charge in [-0.2, -0.15) is 0 Å². The fourth-order valence-corrected chi connectivity index (χ4v) is 5.82. The van der Waals surface area contributed by atoms with Gasteiger partial charge in [-0.05, 0) is 62.5 Å². The molecule has 0 aliphatic heterocycles. The van der Waals surface area contributed by atoms with Gasteiger partial charge in [0.05, 0.1) is 18.2 Å². The fraction of sp³-hybridized carbons (Fsp3) is 0.636. The number of hydrogen-bond acceptors (Lipinski definition) is 3. The minimum absolute atomic E-state index is 0.0438. The van der Waals surface area contributed by atoms with Crippen molar-refractivity contribution in [3.05, 3.63) is 35.1 Å². The van der Waals surface area contributed by atoms with E-state index in [2.05, 4.69) is 10.6 Å². The molecule has 4 rings (SSSR count). The number of fused-ring (bicyclic) bond motifs is 2. The summed E-state index contributed by atoms with van der Waals surface area (Å²) in [6.45, 7) is 1.30. The first-order valence-electron chi connectivity index (χ1n) is 10.6. The summed E-state index contributed by atoms with van der Waals surface area (Å²) < 4.78 is 58.3. The highest BCUT2D eigenvalue weighted by Crippen LogP contribution is 2.63. The third-order valence-corrected chi connectivity index (χ3v) is 7.37. The molecule has 4 atom stereocenters. The van der Waals surface area contributed by atoms with Crippen LogP contribution >= 0.6 is 0 Å². The summed E-state index contributed by atoms with van der Waals surface area (Å²) in [5, 5.41) is 15.4. The second-order valence-corrected chi connectivity index (χ2v) is 9.43. The Hall–Kier alpha value is -2.16. The second kappa shape index (κ2) is 7.76. The van der Waals surface area contributed by atoms with E-state index in [0.29, 0.717) is 18.9 Å². The summed E-state index contributed by atoms with van der Waals surface area (Å²) in [5.41, 5.74) is -2.94. The summed E-state index contributed by atoms with van der Waals surface area (Å²) in [6, 6.07) is -0.349. The van der Waals surface area contributed by atoms with Crippen molar-refractivity contribution >= 4 is 11.8 Å². The number of amides is 2. The molecular formula is C22H26F4N2O3. The van der Waals surface area contributed by atoms with Crippen LogP contribution in [0.3, 0.4) is 0 Å². The van der Waals surface area contributed by atoms with Crippen molar-refractivity contribution in [1.82, 2.24) is 10.6 Å². The molecule has 2 amide bonds. The number of halogens is 4. The lowest BCUT2D eigenvalue weighted by molar-refractivity contribution is -0.127. The van der Waals surface area contributed by atoms with Crippen molar-refractivity contribution in [2.75, 3.05) is 0 Å². The number of alkyl halides is 1. The number of aliphatic hydroxyl groups excluding tert-OH is 1. The van der Waals surface area contributed by atoms with Crippen LogP contribution in [0.2, 0.25) is 0 Å². The largest absolute Gasteiger partial charge is 0.391 e. The van der Waals surface area contributed by atoms with Gasteiger partial charge in [0.2, 0.25) is 11.8 Å². The van der Waals surface area contributed by atoms with Gasteiger partial charge in [-0.3, -0.25) is 9.59 Å². The Morgan fingerprint density at radius 2 is 1.74 bits per heavy atom. The molecule has 1 aromatic rings. The van der Waals surface area contributed by atoms with Gasteiger partial charge in [-0.15, -0.1) is 0 Å². The monoisotopic (exact) mass is 442 g/mol. The number of carbonyl (C=O) groups is 2. The van der Waals surface area contributed by atoms with E-state index in [1.54, 1.807) is 0 Å². The Morgan fingerprint density at radius 1 is 1.10 bits per heavy atom. The van der Waals surface area contributed by atoms with Crippen LogP contribution in [0.15, 0.2) is 12.1 Å². The van der Waals surface area contributed by atoms with E-state index < -0.39 is 64.1 Å². The highest BCUT2D eigenvalue weighted by molar-refractivity contribution is 5.80. The van der Waals surface area contributed by atoms with Crippen molar-refractivity contribution in [3.8, 4) is 0 Å². The maximum atomic E-state index is 14.9. The van der Waals surface area contributed by atoms with Crippen LogP contribution in [-0.2, 0) is 9.59 Å². The van der Waals surface area contributed by atoms with Gasteiger partial charge in [-0.1, -0.05) is 0 Å². The topological polar surface area (TPSA) is 78.4 Å². The highest BCUT2D eigenvalue weighted by atomic mass is 19.2. The molecule has 3 saturated carbocycles. The van der Waals surface area contributed by atoms with Crippen LogP contribution in [0, 0.1) is 28.8 Å². The normalized spacial score (nSPS) is 35.2. The Bertz CT molecular complexity index is 901. The molecule has 31 heavy (non-hydrogen) atoms. The van der Waals surface area contributed by atoms with Crippen LogP contribution < -0.4 is 10.6 Å². The Balaban J connectivity index is 1.63. The molecule has 0 saturated heterocycles. The second-order valence-electron chi connectivity index (χ2n) is 9.43. The van der Waals surface area contributed by atoms with Gasteiger partial charge >= 0.3 is 0 Å². The third kappa shape index (κ3) is 3.92. The summed E-state index contributed by atoms with van der Waals surface area (Å²) in [7, 11) is 0. The molecule has 3 aliphatic rings. The number of rotatable bonds is 5. The van der Waals surface area contributed by atoms with Gasteiger partial charge in [0, 0.05) is 18.4 Å². The first-order valence-corrected chi connectivity index (χ1v) is 10.6. The summed E-state index contributed by atoms with van der Waals surface area (Å²) in [5.74, 6) is -5.23. The van der Waals surface area contributed by atoms with E-state index in [1.165, 1.54) is 6.92 Å². The summed E-state index contributed by atoms with van der Waals surface area (Å²) in [4.78, 5) is 24.4. The van der Waals surface area contributed by atoms with Gasteiger partial charge in [0.1, 0.15) is 11.5 Å². The molecular weight excluding hydrogens is 416 g/mol. The summed E-state index contributed by atoms with van der Waals surface area (Å²) in [6.07, 6.45) is 0.440. The molecule has 170 valence electrons. The average molecular weight is 442 g/mol. The molecule has 2 bridgehead atoms. The molecule has 3 fully saturated rings. The quantitative estimate of drug-likeness (QED) is 0.484. The van der Waals surface area contributed by atoms with E-state index in [-0.39, 0.29) is 38.0 Å². The molecule has 1 aromatic carbocycles. The van der Waals surface area contributed by atoms with Crippen LogP contribution in [0.25, 0.3) is 0 Å². The smallest absolute Gasteiger partial charge is 0.223 e. The van der Waals surface area contributed by atoms with Crippen molar-refractivity contribution in [2.45, 2.75) is 75.7 Å². The van der Waals surface area contributed by atoms with Crippen molar-refractivity contribution in [2.24, 2.45) is 11.3 Å². The van der Waals surface area contributed by atoms with Crippen molar-refractivity contribution in [1.29, 1.82) is 0 Å². The van der Waals surface area contributed by atoms with E-state index in [1.807, 2.05) is 0 Å². The van der Waals surface area contributed by atoms with Gasteiger partial charge in [-0.25, -0.2) is 17.6 Å². The van der Waals surface area contributed by atoms with Crippen LogP contribution in [0.1, 0.15) is 63.5 Å². The minimum atomic E-state index is -1.44. The number of hydrogen-bond donors (Lipinski definition) is 3. The molecule has 3 aliphatic carbocycles. The van der Waals surface area contributed by atoms with Crippen LogP contribution in [-0.4, -0.2) is 34.7 Å². The zero-order chi connectivity index (χ0) is 22.6. The summed E-state index contributed by atoms with van der Waals surface area (Å²) >= 11 is 0. The Kier molecular flexibility index (Phi) is 5.52. The molecule has 5 nitrogen and oxygen atoms in total. The zero-order valence-corrected chi connectivity index (χ0v) is 17.2.